The van der Waals surface area contributed by atoms with Crippen LogP contribution in [0.25, 0.3) is 11.3 Å². The lowest BCUT2D eigenvalue weighted by Gasteiger charge is -2.08. The van der Waals surface area contributed by atoms with E-state index >= 15 is 0 Å². The van der Waals surface area contributed by atoms with Crippen molar-refractivity contribution in [2.24, 2.45) is 0 Å². The van der Waals surface area contributed by atoms with E-state index in [-0.39, 0.29) is 0 Å². The van der Waals surface area contributed by atoms with Crippen molar-refractivity contribution in [3.05, 3.63) is 36.2 Å². The lowest BCUT2D eigenvalue weighted by atomic mass is 10.0. The SMILES string of the molecule is CCCCn1cnc(-c2ccccc2C2CC2)c1N. The Morgan fingerprint density at radius 3 is 2.84 bits per heavy atom. The number of hydrogen-bond acceptors (Lipinski definition) is 2. The van der Waals surface area contributed by atoms with Crippen molar-refractivity contribution in [2.75, 3.05) is 5.73 Å². The van der Waals surface area contributed by atoms with Gasteiger partial charge in [0.25, 0.3) is 0 Å². The van der Waals surface area contributed by atoms with Crippen LogP contribution in [-0.2, 0) is 6.54 Å². The number of nitrogens with zero attached hydrogens (tertiary/aromatic N) is 2. The monoisotopic (exact) mass is 255 g/mol. The molecule has 1 heterocycles. The summed E-state index contributed by atoms with van der Waals surface area (Å²) in [5.41, 5.74) is 9.86. The molecular weight excluding hydrogens is 234 g/mol. The zero-order valence-electron chi connectivity index (χ0n) is 11.5. The third-order valence-electron chi connectivity index (χ3n) is 3.86. The highest BCUT2D eigenvalue weighted by Crippen LogP contribution is 2.44. The van der Waals surface area contributed by atoms with Crippen molar-refractivity contribution in [1.29, 1.82) is 0 Å². The van der Waals surface area contributed by atoms with Gasteiger partial charge in [-0.1, -0.05) is 37.6 Å². The predicted molar refractivity (Wildman–Crippen MR) is 79.0 cm³/mol. The second kappa shape index (κ2) is 5.08. The lowest BCUT2D eigenvalue weighted by Crippen LogP contribution is -2.02. The average Bonchev–Trinajstić information content (AvgIpc) is 3.22. The van der Waals surface area contributed by atoms with E-state index in [0.717, 1.165) is 30.4 Å². The van der Waals surface area contributed by atoms with Crippen molar-refractivity contribution < 1.29 is 0 Å². The van der Waals surface area contributed by atoms with Crippen LogP contribution in [0.2, 0.25) is 0 Å². The molecule has 2 aromatic rings. The van der Waals surface area contributed by atoms with E-state index in [9.17, 15) is 0 Å². The van der Waals surface area contributed by atoms with E-state index in [1.165, 1.54) is 30.4 Å². The summed E-state index contributed by atoms with van der Waals surface area (Å²) in [6, 6.07) is 8.56. The molecule has 3 heteroatoms. The molecular formula is C16H21N3. The molecule has 0 bridgehead atoms. The molecule has 0 spiro atoms. The fourth-order valence-electron chi connectivity index (χ4n) is 2.57. The van der Waals surface area contributed by atoms with E-state index in [4.69, 9.17) is 5.73 Å². The van der Waals surface area contributed by atoms with E-state index in [1.807, 2.05) is 6.33 Å². The third-order valence-corrected chi connectivity index (χ3v) is 3.86. The summed E-state index contributed by atoms with van der Waals surface area (Å²) in [6.45, 7) is 3.15. The zero-order valence-corrected chi connectivity index (χ0v) is 11.5. The van der Waals surface area contributed by atoms with Gasteiger partial charge in [0, 0.05) is 12.1 Å². The Morgan fingerprint density at radius 1 is 1.32 bits per heavy atom. The van der Waals surface area contributed by atoms with Gasteiger partial charge in [0.1, 0.15) is 11.5 Å². The molecule has 1 saturated carbocycles. The van der Waals surface area contributed by atoms with Gasteiger partial charge < -0.3 is 10.3 Å². The molecule has 2 N–H and O–H groups in total. The second-order valence-corrected chi connectivity index (χ2v) is 5.39. The van der Waals surface area contributed by atoms with Crippen LogP contribution < -0.4 is 5.73 Å². The maximum Gasteiger partial charge on any atom is 0.131 e. The van der Waals surface area contributed by atoms with Crippen molar-refractivity contribution in [3.8, 4) is 11.3 Å². The van der Waals surface area contributed by atoms with Crippen molar-refractivity contribution in [3.63, 3.8) is 0 Å². The lowest BCUT2D eigenvalue weighted by molar-refractivity contribution is 0.637. The molecule has 0 atom stereocenters. The molecule has 100 valence electrons. The number of aromatic nitrogens is 2. The number of imidazole rings is 1. The van der Waals surface area contributed by atoms with E-state index in [2.05, 4.69) is 40.7 Å². The van der Waals surface area contributed by atoms with Gasteiger partial charge in [0.2, 0.25) is 0 Å². The van der Waals surface area contributed by atoms with Gasteiger partial charge in [0.15, 0.2) is 0 Å². The summed E-state index contributed by atoms with van der Waals surface area (Å²) >= 11 is 0. The van der Waals surface area contributed by atoms with Gasteiger partial charge in [-0.25, -0.2) is 4.98 Å². The molecule has 0 aliphatic heterocycles. The highest BCUT2D eigenvalue weighted by atomic mass is 15.1. The number of nitrogen functional groups attached to an aromatic ring is 1. The quantitative estimate of drug-likeness (QED) is 0.883. The molecule has 0 unspecified atom stereocenters. The fourth-order valence-corrected chi connectivity index (χ4v) is 2.57. The molecule has 1 aromatic carbocycles. The van der Waals surface area contributed by atoms with Crippen LogP contribution in [0.3, 0.4) is 0 Å². The maximum atomic E-state index is 6.27. The van der Waals surface area contributed by atoms with E-state index < -0.39 is 0 Å². The summed E-state index contributed by atoms with van der Waals surface area (Å²) in [5.74, 6) is 1.53. The molecule has 1 aliphatic rings. The summed E-state index contributed by atoms with van der Waals surface area (Å²) in [6.07, 6.45) is 6.79. The topological polar surface area (TPSA) is 43.8 Å². The Hall–Kier alpha value is -1.77. The summed E-state index contributed by atoms with van der Waals surface area (Å²) in [5, 5.41) is 0. The Kier molecular flexibility index (Phi) is 3.28. The van der Waals surface area contributed by atoms with E-state index in [0.29, 0.717) is 0 Å². The first-order valence-corrected chi connectivity index (χ1v) is 7.21. The van der Waals surface area contributed by atoms with Crippen molar-refractivity contribution >= 4 is 5.82 Å². The predicted octanol–water partition coefficient (Wildman–Crippen LogP) is 3.81. The van der Waals surface area contributed by atoms with Crippen molar-refractivity contribution in [2.45, 2.75) is 45.1 Å². The van der Waals surface area contributed by atoms with Gasteiger partial charge in [-0.05, 0) is 30.7 Å². The minimum atomic E-state index is 0.719. The summed E-state index contributed by atoms with van der Waals surface area (Å²) in [4.78, 5) is 4.55. The molecule has 1 aromatic heterocycles. The molecule has 19 heavy (non-hydrogen) atoms. The molecule has 1 fully saturated rings. The van der Waals surface area contributed by atoms with Gasteiger partial charge in [0.05, 0.1) is 6.33 Å². The van der Waals surface area contributed by atoms with Crippen molar-refractivity contribution in [1.82, 2.24) is 9.55 Å². The highest BCUT2D eigenvalue weighted by molar-refractivity contribution is 5.74. The molecule has 0 saturated heterocycles. The Morgan fingerprint density at radius 2 is 2.11 bits per heavy atom. The smallest absolute Gasteiger partial charge is 0.131 e. The molecule has 0 amide bonds. The number of nitrogens with two attached hydrogens (primary N) is 1. The Bertz CT molecular complexity index is 567. The molecule has 3 nitrogen and oxygen atoms in total. The van der Waals surface area contributed by atoms with Crippen LogP contribution >= 0.6 is 0 Å². The van der Waals surface area contributed by atoms with Gasteiger partial charge in [-0.3, -0.25) is 0 Å². The number of aryl methyl sites for hydroxylation is 1. The first-order chi connectivity index (χ1) is 9.31. The first kappa shape index (κ1) is 12.3. The van der Waals surface area contributed by atoms with Crippen LogP contribution in [-0.4, -0.2) is 9.55 Å². The van der Waals surface area contributed by atoms with Gasteiger partial charge >= 0.3 is 0 Å². The summed E-state index contributed by atoms with van der Waals surface area (Å²) < 4.78 is 2.07. The minimum Gasteiger partial charge on any atom is -0.383 e. The highest BCUT2D eigenvalue weighted by Gasteiger charge is 2.27. The van der Waals surface area contributed by atoms with Gasteiger partial charge in [-0.2, -0.15) is 0 Å². The van der Waals surface area contributed by atoms with Crippen LogP contribution in [0, 0.1) is 0 Å². The Balaban J connectivity index is 1.96. The Labute approximate surface area is 114 Å². The van der Waals surface area contributed by atoms with Crippen LogP contribution in [0.4, 0.5) is 5.82 Å². The number of benzene rings is 1. The summed E-state index contributed by atoms with van der Waals surface area (Å²) in [7, 11) is 0. The molecule has 3 rings (SSSR count). The average molecular weight is 255 g/mol. The zero-order chi connectivity index (χ0) is 13.2. The number of rotatable bonds is 5. The maximum absolute atomic E-state index is 6.27. The fraction of sp³-hybridized carbons (Fsp3) is 0.438. The first-order valence-electron chi connectivity index (χ1n) is 7.21. The van der Waals surface area contributed by atoms with E-state index in [1.54, 1.807) is 0 Å². The third kappa shape index (κ3) is 2.37. The van der Waals surface area contributed by atoms with Crippen LogP contribution in [0.15, 0.2) is 30.6 Å². The van der Waals surface area contributed by atoms with Crippen LogP contribution in [0.1, 0.15) is 44.1 Å². The number of anilines is 1. The number of hydrogen-bond donors (Lipinski definition) is 1. The number of unbranched alkanes of at least 4 members (excludes halogenated alkanes) is 1. The largest absolute Gasteiger partial charge is 0.383 e. The normalized spacial score (nSPS) is 14.8. The second-order valence-electron chi connectivity index (χ2n) is 5.39. The molecule has 1 aliphatic carbocycles. The van der Waals surface area contributed by atoms with Crippen LogP contribution in [0.5, 0.6) is 0 Å². The van der Waals surface area contributed by atoms with Gasteiger partial charge in [-0.15, -0.1) is 0 Å². The standard InChI is InChI=1S/C16H21N3/c1-2-3-10-19-11-18-15(16(19)17)14-7-5-4-6-13(14)12-8-9-12/h4-7,11-12H,2-3,8-10,17H2,1H3. The minimum absolute atomic E-state index is 0.719. The molecule has 0 radical (unpaired) electrons.